The van der Waals surface area contributed by atoms with E-state index in [0.717, 1.165) is 5.69 Å². The number of sulfonamides is 1. The minimum atomic E-state index is -3.83. The largest absolute Gasteiger partial charge is 0.497 e. The highest BCUT2D eigenvalue weighted by molar-refractivity contribution is 7.89. The van der Waals surface area contributed by atoms with Crippen LogP contribution in [0.1, 0.15) is 18.0 Å². The molecule has 0 aromatic heterocycles. The molecule has 4 rings (SSSR count). The van der Waals surface area contributed by atoms with E-state index in [2.05, 4.69) is 4.90 Å². The van der Waals surface area contributed by atoms with E-state index >= 15 is 0 Å². The molecule has 1 amide bonds. The van der Waals surface area contributed by atoms with E-state index in [-0.39, 0.29) is 23.0 Å². The molecule has 0 radical (unpaired) electrons. The zero-order chi connectivity index (χ0) is 25.7. The summed E-state index contributed by atoms with van der Waals surface area (Å²) < 4.78 is 46.6. The van der Waals surface area contributed by atoms with Crippen molar-refractivity contribution >= 4 is 21.6 Å². The van der Waals surface area contributed by atoms with Crippen molar-refractivity contribution in [1.29, 1.82) is 0 Å². The Kier molecular flexibility index (Phi) is 7.91. The van der Waals surface area contributed by atoms with Gasteiger partial charge in [-0.2, -0.15) is 4.31 Å². The minimum Gasteiger partial charge on any atom is -0.497 e. The number of hydrogen-bond acceptors (Lipinski definition) is 5. The van der Waals surface area contributed by atoms with Crippen LogP contribution < -0.4 is 9.64 Å². The van der Waals surface area contributed by atoms with Crippen LogP contribution in [0, 0.1) is 5.82 Å². The van der Waals surface area contributed by atoms with E-state index in [1.165, 1.54) is 23.5 Å². The number of halogens is 1. The molecule has 3 aromatic rings. The van der Waals surface area contributed by atoms with Gasteiger partial charge in [0.05, 0.1) is 18.0 Å². The van der Waals surface area contributed by atoms with Crippen molar-refractivity contribution in [3.63, 3.8) is 0 Å². The van der Waals surface area contributed by atoms with E-state index < -0.39 is 16.1 Å². The van der Waals surface area contributed by atoms with Crippen molar-refractivity contribution in [3.05, 3.63) is 90.2 Å². The monoisotopic (exact) mass is 511 g/mol. The second-order valence-electron chi connectivity index (χ2n) is 8.67. The maximum absolute atomic E-state index is 13.4. The number of methoxy groups -OCH3 is 1. The molecule has 0 aliphatic carbocycles. The molecule has 7 nitrogen and oxygen atoms in total. The SMILES string of the molecule is COc1ccc([C@H](CC(=O)N2CCN(c3ccc(F)cc3)CC2)N(C)S(=O)(=O)c2ccccc2)cc1. The first-order chi connectivity index (χ1) is 17.3. The second kappa shape index (κ2) is 11.1. The molecule has 9 heteroatoms. The smallest absolute Gasteiger partial charge is 0.243 e. The number of nitrogens with zero attached hydrogens (tertiary/aromatic N) is 3. The molecule has 1 heterocycles. The van der Waals surface area contributed by atoms with Crippen LogP contribution in [0.2, 0.25) is 0 Å². The minimum absolute atomic E-state index is 0.00540. The first kappa shape index (κ1) is 25.7. The van der Waals surface area contributed by atoms with E-state index in [4.69, 9.17) is 4.74 Å². The van der Waals surface area contributed by atoms with Crippen LogP contribution in [0.25, 0.3) is 0 Å². The van der Waals surface area contributed by atoms with Crippen LogP contribution in [0.3, 0.4) is 0 Å². The van der Waals surface area contributed by atoms with Gasteiger partial charge in [0.1, 0.15) is 11.6 Å². The Bertz CT molecular complexity index is 1260. The van der Waals surface area contributed by atoms with Crippen LogP contribution in [-0.2, 0) is 14.8 Å². The standard InChI is InChI=1S/C27H30FN3O4S/c1-29(36(33,34)25-6-4-3-5-7-25)26(21-8-14-24(35-2)15-9-21)20-27(32)31-18-16-30(17-19-31)23-12-10-22(28)11-13-23/h3-15,26H,16-20H2,1-2H3/t26-/m0/s1. The summed E-state index contributed by atoms with van der Waals surface area (Å²) in [5.74, 6) is 0.241. The highest BCUT2D eigenvalue weighted by atomic mass is 32.2. The third-order valence-electron chi connectivity index (χ3n) is 6.55. The fourth-order valence-electron chi connectivity index (χ4n) is 4.37. The molecule has 0 spiro atoms. The fraction of sp³-hybridized carbons (Fsp3) is 0.296. The van der Waals surface area contributed by atoms with Gasteiger partial charge in [-0.25, -0.2) is 12.8 Å². The molecule has 1 fully saturated rings. The number of ether oxygens (including phenoxy) is 1. The quantitative estimate of drug-likeness (QED) is 0.458. The van der Waals surface area contributed by atoms with Crippen LogP contribution in [0.5, 0.6) is 5.75 Å². The number of amides is 1. The third kappa shape index (κ3) is 5.68. The zero-order valence-electron chi connectivity index (χ0n) is 20.4. The van der Waals surface area contributed by atoms with Crippen LogP contribution in [-0.4, -0.2) is 63.9 Å². The van der Waals surface area contributed by atoms with Gasteiger partial charge < -0.3 is 14.5 Å². The summed E-state index contributed by atoms with van der Waals surface area (Å²) in [5.41, 5.74) is 1.62. The Hall–Kier alpha value is -3.43. The third-order valence-corrected chi connectivity index (χ3v) is 8.43. The van der Waals surface area contributed by atoms with Gasteiger partial charge in [-0.05, 0) is 54.1 Å². The first-order valence-electron chi connectivity index (χ1n) is 11.7. The first-order valence-corrected chi connectivity index (χ1v) is 13.2. The lowest BCUT2D eigenvalue weighted by Crippen LogP contribution is -2.49. The molecule has 1 saturated heterocycles. The summed E-state index contributed by atoms with van der Waals surface area (Å²) in [6.07, 6.45) is 0.00540. The summed E-state index contributed by atoms with van der Waals surface area (Å²) in [6, 6.07) is 20.9. The molecule has 1 aliphatic rings. The molecule has 190 valence electrons. The van der Waals surface area contributed by atoms with E-state index in [1.54, 1.807) is 78.7 Å². The maximum Gasteiger partial charge on any atom is 0.243 e. The van der Waals surface area contributed by atoms with Crippen molar-refractivity contribution in [2.45, 2.75) is 17.4 Å². The number of hydrogen-bond donors (Lipinski definition) is 0. The van der Waals surface area contributed by atoms with Crippen LogP contribution >= 0.6 is 0 Å². The van der Waals surface area contributed by atoms with Gasteiger partial charge in [0, 0.05) is 45.3 Å². The predicted molar refractivity (Wildman–Crippen MR) is 137 cm³/mol. The lowest BCUT2D eigenvalue weighted by molar-refractivity contribution is -0.132. The maximum atomic E-state index is 13.4. The summed E-state index contributed by atoms with van der Waals surface area (Å²) >= 11 is 0. The Morgan fingerprint density at radius 2 is 1.56 bits per heavy atom. The summed E-state index contributed by atoms with van der Waals surface area (Å²) in [5, 5.41) is 0. The number of piperazine rings is 1. The van der Waals surface area contributed by atoms with Gasteiger partial charge in [0.2, 0.25) is 15.9 Å². The molecular formula is C27H30FN3O4S. The molecule has 0 unspecified atom stereocenters. The van der Waals surface area contributed by atoms with Crippen molar-refractivity contribution in [2.75, 3.05) is 45.2 Å². The Balaban J connectivity index is 1.52. The van der Waals surface area contributed by atoms with Crippen LogP contribution in [0.4, 0.5) is 10.1 Å². The second-order valence-corrected chi connectivity index (χ2v) is 10.7. The highest BCUT2D eigenvalue weighted by Crippen LogP contribution is 2.31. The van der Waals surface area contributed by atoms with Crippen molar-refractivity contribution in [2.24, 2.45) is 0 Å². The van der Waals surface area contributed by atoms with Gasteiger partial charge in [0.25, 0.3) is 0 Å². The number of anilines is 1. The van der Waals surface area contributed by atoms with Crippen molar-refractivity contribution in [3.8, 4) is 5.75 Å². The molecule has 1 atom stereocenters. The fourth-order valence-corrected chi connectivity index (χ4v) is 5.73. The van der Waals surface area contributed by atoms with Gasteiger partial charge in [0.15, 0.2) is 0 Å². The molecular weight excluding hydrogens is 481 g/mol. The predicted octanol–water partition coefficient (Wildman–Crippen LogP) is 3.94. The summed E-state index contributed by atoms with van der Waals surface area (Å²) in [6.45, 7) is 2.23. The summed E-state index contributed by atoms with van der Waals surface area (Å²) in [7, 11) is -0.760. The molecule has 0 bridgehead atoms. The lowest BCUT2D eigenvalue weighted by atomic mass is 10.0. The number of carbonyl (C=O) groups is 1. The average molecular weight is 512 g/mol. The average Bonchev–Trinajstić information content (AvgIpc) is 2.92. The molecule has 3 aromatic carbocycles. The topological polar surface area (TPSA) is 70.2 Å². The number of rotatable bonds is 8. The molecule has 0 N–H and O–H groups in total. The Morgan fingerprint density at radius 1 is 0.944 bits per heavy atom. The normalized spacial score (nSPS) is 15.1. The van der Waals surface area contributed by atoms with Gasteiger partial charge in [-0.3, -0.25) is 4.79 Å². The van der Waals surface area contributed by atoms with Gasteiger partial charge >= 0.3 is 0 Å². The Morgan fingerprint density at radius 3 is 2.14 bits per heavy atom. The zero-order valence-corrected chi connectivity index (χ0v) is 21.2. The molecule has 0 saturated carbocycles. The number of carbonyl (C=O) groups excluding carboxylic acids is 1. The highest BCUT2D eigenvalue weighted by Gasteiger charge is 2.33. The lowest BCUT2D eigenvalue weighted by Gasteiger charge is -2.37. The van der Waals surface area contributed by atoms with Gasteiger partial charge in [-0.1, -0.05) is 30.3 Å². The van der Waals surface area contributed by atoms with Crippen molar-refractivity contribution in [1.82, 2.24) is 9.21 Å². The van der Waals surface area contributed by atoms with Crippen LogP contribution in [0.15, 0.2) is 83.8 Å². The Labute approximate surface area is 211 Å². The molecule has 36 heavy (non-hydrogen) atoms. The van der Waals surface area contributed by atoms with Crippen molar-refractivity contribution < 1.29 is 22.3 Å². The van der Waals surface area contributed by atoms with E-state index in [1.807, 2.05) is 0 Å². The molecule has 1 aliphatic heterocycles. The summed E-state index contributed by atoms with van der Waals surface area (Å²) in [4.78, 5) is 17.4. The van der Waals surface area contributed by atoms with E-state index in [9.17, 15) is 17.6 Å². The van der Waals surface area contributed by atoms with E-state index in [0.29, 0.717) is 37.5 Å². The van der Waals surface area contributed by atoms with Gasteiger partial charge in [-0.15, -0.1) is 0 Å². The number of benzene rings is 3.